The van der Waals surface area contributed by atoms with Crippen molar-refractivity contribution in [2.75, 3.05) is 52.9 Å². The molecule has 0 amide bonds. The Morgan fingerprint density at radius 1 is 0.260 bits per heavy atom. The lowest BCUT2D eigenvalue weighted by Crippen LogP contribution is -2.31. The van der Waals surface area contributed by atoms with Crippen LogP contribution >= 0.6 is 0 Å². The molecule has 0 bridgehead atoms. The molecule has 6 rings (SSSR count). The van der Waals surface area contributed by atoms with Crippen molar-refractivity contribution < 1.29 is 136 Å². The molecule has 0 unspecified atom stereocenters. The zero-order valence-corrected chi connectivity index (χ0v) is 52.9. The van der Waals surface area contributed by atoms with Gasteiger partial charge < -0.3 is 78.7 Å². The molecule has 508 valence electrons. The van der Waals surface area contributed by atoms with Crippen LogP contribution in [0.25, 0.3) is 0 Å². The Morgan fingerprint density at radius 2 is 0.417 bits per heavy atom. The molecule has 0 saturated heterocycles. The molecular formula is C68H68O28. The number of carboxylic acids is 4. The van der Waals surface area contributed by atoms with Crippen molar-refractivity contribution in [1.82, 2.24) is 0 Å². The topological polar surface area (TPSA) is 441 Å². The monoisotopic (exact) mass is 1330 g/mol. The van der Waals surface area contributed by atoms with E-state index in [0.717, 1.165) is 6.07 Å². The van der Waals surface area contributed by atoms with Crippen LogP contribution in [0.2, 0.25) is 0 Å². The normalized spacial score (nSPS) is 11.3. The number of ether oxygens (including phenoxy) is 8. The standard InChI is InChI=1S/2C34H34O14/c1-33(2,43)27(35)19-5-9-21(10-6-19)45-13-15-47-31(41)25-17-24(30(39)40)26(18-23(25)29(37)38)32(42)48-16-14-46-22-11-7-20(8-12-22)28(36)34(3,4)44;1-33(2,43)27(35)19-5-9-21(10-6-19)45-13-15-47-31(41)25-18-26(24(30(39)40)17-23(25)29(37)38)32(42)48-16-14-46-22-11-7-20(8-12-22)28(36)34(3,4)44/h2*5-12,17-18,43-44H,13-16H2,1-4H3,(H,37,38)(H,39,40). The number of esters is 4. The Balaban J connectivity index is 0.000000347. The van der Waals surface area contributed by atoms with Crippen molar-refractivity contribution in [2.45, 2.75) is 77.8 Å². The van der Waals surface area contributed by atoms with Crippen LogP contribution in [-0.4, -0.2) is 187 Å². The second kappa shape index (κ2) is 32.6. The van der Waals surface area contributed by atoms with Gasteiger partial charge in [-0.1, -0.05) is 0 Å². The fourth-order valence-corrected chi connectivity index (χ4v) is 8.29. The fraction of sp³-hybridized carbons (Fsp3) is 0.294. The number of Topliss-reactive ketones (excluding diaryl/α,β-unsaturated/α-hetero) is 4. The minimum atomic E-state index is -1.65. The summed E-state index contributed by atoms with van der Waals surface area (Å²) in [4.78, 5) is 147. The molecule has 96 heavy (non-hydrogen) atoms. The van der Waals surface area contributed by atoms with Crippen LogP contribution in [0.3, 0.4) is 0 Å². The number of rotatable bonds is 32. The van der Waals surface area contributed by atoms with Crippen molar-refractivity contribution >= 4 is 70.9 Å². The second-order valence-electron chi connectivity index (χ2n) is 22.7. The van der Waals surface area contributed by atoms with Crippen molar-refractivity contribution in [2.24, 2.45) is 0 Å². The molecule has 0 fully saturated rings. The van der Waals surface area contributed by atoms with E-state index in [1.54, 1.807) is 0 Å². The van der Waals surface area contributed by atoms with E-state index in [9.17, 15) is 98.4 Å². The van der Waals surface area contributed by atoms with Gasteiger partial charge in [0.25, 0.3) is 0 Å². The predicted octanol–water partition coefficient (Wildman–Crippen LogP) is 6.92. The SMILES string of the molecule is CC(C)(O)C(=O)c1ccc(OCCOC(=O)c2cc(C(=O)O)c(C(=O)OCCOc3ccc(C(=O)C(C)(C)O)cc3)cc2C(=O)O)cc1.CC(C)(O)C(=O)c1ccc(OCCOC(=O)c2cc(C(=O)OCCOc3ccc(C(=O)C(C)(C)O)cc3)c(C(=O)O)cc2C(=O)O)cc1. The first-order chi connectivity index (χ1) is 44.8. The van der Waals surface area contributed by atoms with Gasteiger partial charge in [0.2, 0.25) is 0 Å². The largest absolute Gasteiger partial charge is 0.490 e. The quantitative estimate of drug-likeness (QED) is 0.00918. The Bertz CT molecular complexity index is 3640. The Kier molecular flexibility index (Phi) is 25.6. The molecule has 0 atom stereocenters. The second-order valence-corrected chi connectivity index (χ2v) is 22.7. The van der Waals surface area contributed by atoms with E-state index in [-0.39, 0.29) is 75.1 Å². The molecule has 0 spiro atoms. The average molecular weight is 1330 g/mol. The van der Waals surface area contributed by atoms with Gasteiger partial charge in [-0.2, -0.15) is 0 Å². The maximum absolute atomic E-state index is 12.8. The van der Waals surface area contributed by atoms with Crippen LogP contribution in [-0.2, 0) is 18.9 Å². The van der Waals surface area contributed by atoms with Crippen molar-refractivity contribution in [1.29, 1.82) is 0 Å². The van der Waals surface area contributed by atoms with Crippen LogP contribution in [0.4, 0.5) is 0 Å². The minimum Gasteiger partial charge on any atom is -0.490 e. The van der Waals surface area contributed by atoms with E-state index in [4.69, 9.17) is 37.9 Å². The number of hydrogen-bond acceptors (Lipinski definition) is 24. The fourth-order valence-electron chi connectivity index (χ4n) is 8.29. The van der Waals surface area contributed by atoms with Crippen LogP contribution in [0, 0.1) is 0 Å². The molecular weight excluding hydrogens is 1260 g/mol. The number of benzene rings is 6. The summed E-state index contributed by atoms with van der Waals surface area (Å²) in [6.07, 6.45) is 0. The van der Waals surface area contributed by atoms with Gasteiger partial charge in [-0.25, -0.2) is 38.4 Å². The Labute approximate surface area is 547 Å². The highest BCUT2D eigenvalue weighted by molar-refractivity contribution is 6.11. The molecule has 28 nitrogen and oxygen atoms in total. The molecule has 0 saturated carbocycles. The van der Waals surface area contributed by atoms with Crippen molar-refractivity contribution in [3.63, 3.8) is 0 Å². The number of hydrogen-bond donors (Lipinski definition) is 8. The van der Waals surface area contributed by atoms with Crippen molar-refractivity contribution in [3.05, 3.63) is 188 Å². The summed E-state index contributed by atoms with van der Waals surface area (Å²) in [5.41, 5.74) is -10.5. The lowest BCUT2D eigenvalue weighted by Gasteiger charge is -2.16. The highest BCUT2D eigenvalue weighted by Gasteiger charge is 2.32. The highest BCUT2D eigenvalue weighted by atomic mass is 16.6. The zero-order chi connectivity index (χ0) is 71.6. The van der Waals surface area contributed by atoms with Crippen LogP contribution < -0.4 is 18.9 Å². The van der Waals surface area contributed by atoms with Crippen LogP contribution in [0.1, 0.15) is 180 Å². The van der Waals surface area contributed by atoms with E-state index >= 15 is 0 Å². The van der Waals surface area contributed by atoms with Crippen molar-refractivity contribution in [3.8, 4) is 23.0 Å². The van der Waals surface area contributed by atoms with Gasteiger partial charge in [0, 0.05) is 22.3 Å². The predicted molar refractivity (Wildman–Crippen MR) is 332 cm³/mol. The molecule has 28 heteroatoms. The number of carbonyl (C=O) groups is 12. The molecule has 0 aromatic heterocycles. The lowest BCUT2D eigenvalue weighted by molar-refractivity contribution is 0.0429. The minimum absolute atomic E-state index is 0.186. The first-order valence-electron chi connectivity index (χ1n) is 28.8. The third kappa shape index (κ3) is 21.4. The summed E-state index contributed by atoms with van der Waals surface area (Å²) in [5.74, 6) is -12.0. The maximum Gasteiger partial charge on any atom is 0.339 e. The number of ketones is 4. The molecule has 0 aliphatic carbocycles. The van der Waals surface area contributed by atoms with Gasteiger partial charge in [-0.05, 0) is 177 Å². The van der Waals surface area contributed by atoms with E-state index in [0.29, 0.717) is 41.2 Å². The summed E-state index contributed by atoms with van der Waals surface area (Å²) in [7, 11) is 0. The van der Waals surface area contributed by atoms with Gasteiger partial charge >= 0.3 is 47.8 Å². The van der Waals surface area contributed by atoms with Gasteiger partial charge in [0.1, 0.15) is 98.3 Å². The summed E-state index contributed by atoms with van der Waals surface area (Å²) in [5, 5.41) is 78.0. The van der Waals surface area contributed by atoms with E-state index in [2.05, 4.69) is 0 Å². The van der Waals surface area contributed by atoms with Crippen LogP contribution in [0.15, 0.2) is 121 Å². The van der Waals surface area contributed by atoms with E-state index in [1.807, 2.05) is 0 Å². The first kappa shape index (κ1) is 75.5. The highest BCUT2D eigenvalue weighted by Crippen LogP contribution is 2.26. The number of aliphatic hydroxyl groups is 4. The number of carbonyl (C=O) groups excluding carboxylic acids is 8. The Hall–Kier alpha value is -11.2. The molecule has 8 N–H and O–H groups in total. The maximum atomic E-state index is 12.8. The Morgan fingerprint density at radius 3 is 0.573 bits per heavy atom. The van der Waals surface area contributed by atoms with Gasteiger partial charge in [-0.3, -0.25) is 19.2 Å². The van der Waals surface area contributed by atoms with Gasteiger partial charge in [0.15, 0.2) is 23.1 Å². The van der Waals surface area contributed by atoms with E-state index in [1.165, 1.54) is 152 Å². The summed E-state index contributed by atoms with van der Waals surface area (Å²) in [6.45, 7) is 8.64. The molecule has 6 aromatic rings. The molecule has 0 aliphatic rings. The lowest BCUT2D eigenvalue weighted by atomic mass is 9.97. The first-order valence-corrected chi connectivity index (χ1v) is 28.8. The zero-order valence-electron chi connectivity index (χ0n) is 52.9. The van der Waals surface area contributed by atoms with Gasteiger partial charge in [0.05, 0.1) is 44.5 Å². The molecule has 6 aromatic carbocycles. The third-order valence-corrected chi connectivity index (χ3v) is 13.1. The number of carboxylic acid groups (broad SMARTS) is 4. The smallest absolute Gasteiger partial charge is 0.339 e. The molecule has 0 radical (unpaired) electrons. The number of aromatic carboxylic acids is 4. The van der Waals surface area contributed by atoms with Gasteiger partial charge in [-0.15, -0.1) is 0 Å². The molecule has 0 aliphatic heterocycles. The summed E-state index contributed by atoms with van der Waals surface area (Å²) in [6, 6.07) is 26.1. The average Bonchev–Trinajstić information content (AvgIpc) is 0.801. The summed E-state index contributed by atoms with van der Waals surface area (Å²) >= 11 is 0. The molecule has 0 heterocycles. The third-order valence-electron chi connectivity index (χ3n) is 13.1. The summed E-state index contributed by atoms with van der Waals surface area (Å²) < 4.78 is 42.2. The van der Waals surface area contributed by atoms with E-state index < -0.39 is 138 Å². The van der Waals surface area contributed by atoms with Crippen LogP contribution in [0.5, 0.6) is 23.0 Å².